The van der Waals surface area contributed by atoms with Gasteiger partial charge in [0.25, 0.3) is 12.0 Å². The van der Waals surface area contributed by atoms with E-state index >= 15 is 0 Å². The smallest absolute Gasteiger partial charge is 0.263 e. The molecule has 6 nitrogen and oxygen atoms in total. The van der Waals surface area contributed by atoms with E-state index in [1.165, 1.54) is 11.3 Å². The van der Waals surface area contributed by atoms with Gasteiger partial charge in [0.15, 0.2) is 0 Å². The maximum Gasteiger partial charge on any atom is 0.263 e. The van der Waals surface area contributed by atoms with Crippen LogP contribution in [-0.4, -0.2) is 17.1 Å². The van der Waals surface area contributed by atoms with Crippen LogP contribution in [0.1, 0.15) is 11.8 Å². The van der Waals surface area contributed by atoms with Gasteiger partial charge < -0.3 is 10.6 Å². The van der Waals surface area contributed by atoms with Gasteiger partial charge >= 0.3 is 0 Å². The van der Waals surface area contributed by atoms with Crippen LogP contribution in [0.4, 0.5) is 0 Å². The fourth-order valence-corrected chi connectivity index (χ4v) is 2.25. The van der Waals surface area contributed by atoms with Crippen LogP contribution >= 0.6 is 11.3 Å². The highest BCUT2D eigenvalue weighted by atomic mass is 32.1. The van der Waals surface area contributed by atoms with Crippen molar-refractivity contribution in [2.24, 2.45) is 10.9 Å². The summed E-state index contributed by atoms with van der Waals surface area (Å²) in [7, 11) is 0. The van der Waals surface area contributed by atoms with Crippen LogP contribution in [0.25, 0.3) is 10.6 Å². The number of nitriles is 1. The van der Waals surface area contributed by atoms with E-state index in [9.17, 15) is 4.79 Å². The van der Waals surface area contributed by atoms with E-state index in [0.29, 0.717) is 5.69 Å². The Balaban J connectivity index is 2.15. The third-order valence-electron chi connectivity index (χ3n) is 2.27. The summed E-state index contributed by atoms with van der Waals surface area (Å²) in [5.41, 5.74) is 6.28. The number of nitrogens with zero attached hydrogens (tertiary/aromatic N) is 3. The first-order chi connectivity index (χ1) is 9.70. The van der Waals surface area contributed by atoms with Crippen molar-refractivity contribution in [1.29, 1.82) is 5.26 Å². The van der Waals surface area contributed by atoms with Gasteiger partial charge in [0.1, 0.15) is 23.0 Å². The lowest BCUT2D eigenvalue weighted by Gasteiger charge is -2.02. The lowest BCUT2D eigenvalue weighted by molar-refractivity contribution is -0.111. The second-order valence-electron chi connectivity index (χ2n) is 3.69. The topological polar surface area (TPSA) is 101 Å². The van der Waals surface area contributed by atoms with Crippen LogP contribution in [0.5, 0.6) is 0 Å². The number of aromatic nitrogens is 1. The van der Waals surface area contributed by atoms with Crippen molar-refractivity contribution >= 4 is 23.5 Å². The highest BCUT2D eigenvalue weighted by molar-refractivity contribution is 7.13. The zero-order valence-electron chi connectivity index (χ0n) is 10.3. The van der Waals surface area contributed by atoms with Crippen molar-refractivity contribution < 1.29 is 9.63 Å². The van der Waals surface area contributed by atoms with Crippen LogP contribution in [0.2, 0.25) is 0 Å². The molecule has 0 bridgehead atoms. The number of rotatable bonds is 5. The molecule has 1 atom stereocenters. The molecular weight excluding hydrogens is 276 g/mol. The molecule has 1 aromatic carbocycles. The predicted octanol–water partition coefficient (Wildman–Crippen LogP) is 1.86. The standard InChI is InChI=1S/C13H10N4O2S/c14-6-11(19-16-7-12(15)18)10-8-20-13(17-10)9-4-2-1-3-5-9/h1-5,7-8,11H,(H2,15,18)/b16-7+. The van der Waals surface area contributed by atoms with E-state index in [4.69, 9.17) is 15.8 Å². The summed E-state index contributed by atoms with van der Waals surface area (Å²) < 4.78 is 0. The first-order valence-electron chi connectivity index (χ1n) is 5.60. The number of carbonyl (C=O) groups is 1. The van der Waals surface area contributed by atoms with Crippen LogP contribution in [0.15, 0.2) is 40.9 Å². The molecule has 1 heterocycles. The molecule has 0 saturated heterocycles. The highest BCUT2D eigenvalue weighted by Crippen LogP contribution is 2.27. The van der Waals surface area contributed by atoms with Crippen molar-refractivity contribution in [2.45, 2.75) is 6.10 Å². The molecule has 0 spiro atoms. The Morgan fingerprint density at radius 3 is 2.90 bits per heavy atom. The van der Waals surface area contributed by atoms with Crippen LogP contribution in [0, 0.1) is 11.3 Å². The zero-order valence-corrected chi connectivity index (χ0v) is 11.1. The number of hydrogen-bond acceptors (Lipinski definition) is 6. The maximum absolute atomic E-state index is 10.5. The Hall–Kier alpha value is -2.72. The third-order valence-corrected chi connectivity index (χ3v) is 3.18. The van der Waals surface area contributed by atoms with Crippen LogP contribution in [-0.2, 0) is 9.63 Å². The van der Waals surface area contributed by atoms with Crippen molar-refractivity contribution in [3.05, 3.63) is 41.4 Å². The molecule has 2 N–H and O–H groups in total. The van der Waals surface area contributed by atoms with E-state index < -0.39 is 12.0 Å². The minimum atomic E-state index is -0.973. The zero-order chi connectivity index (χ0) is 14.4. The number of nitrogens with two attached hydrogens (primary N) is 1. The van der Waals surface area contributed by atoms with Crippen molar-refractivity contribution in [2.75, 3.05) is 0 Å². The van der Waals surface area contributed by atoms with Crippen LogP contribution in [0.3, 0.4) is 0 Å². The highest BCUT2D eigenvalue weighted by Gasteiger charge is 2.16. The Kier molecular flexibility index (Phi) is 4.42. The Morgan fingerprint density at radius 2 is 2.25 bits per heavy atom. The quantitative estimate of drug-likeness (QED) is 0.669. The molecule has 0 aliphatic heterocycles. The number of thiazole rings is 1. The molecule has 0 aliphatic rings. The SMILES string of the molecule is N#CC(O/N=C/C(N)=O)c1csc(-c2ccccc2)n1. The van der Waals surface area contributed by atoms with Gasteiger partial charge in [-0.2, -0.15) is 5.26 Å². The molecule has 2 rings (SSSR count). The summed E-state index contributed by atoms with van der Waals surface area (Å²) >= 11 is 1.40. The van der Waals surface area contributed by atoms with Crippen molar-refractivity contribution in [3.63, 3.8) is 0 Å². The minimum Gasteiger partial charge on any atom is -0.370 e. The van der Waals surface area contributed by atoms with Gasteiger partial charge in [0, 0.05) is 10.9 Å². The van der Waals surface area contributed by atoms with E-state index in [0.717, 1.165) is 16.8 Å². The molecule has 20 heavy (non-hydrogen) atoms. The summed E-state index contributed by atoms with van der Waals surface area (Å²) in [5, 5.41) is 14.9. The summed E-state index contributed by atoms with van der Waals surface area (Å²) in [6.07, 6.45) is -0.172. The fourth-order valence-electron chi connectivity index (χ4n) is 1.41. The van der Waals surface area contributed by atoms with E-state index in [2.05, 4.69) is 10.1 Å². The van der Waals surface area contributed by atoms with Gasteiger partial charge in [-0.25, -0.2) is 4.98 Å². The molecule has 7 heteroatoms. The number of primary amides is 1. The average Bonchev–Trinajstić information content (AvgIpc) is 2.94. The van der Waals surface area contributed by atoms with Crippen molar-refractivity contribution in [3.8, 4) is 16.6 Å². The molecule has 0 saturated carbocycles. The van der Waals surface area contributed by atoms with Gasteiger partial charge in [0.05, 0.1) is 0 Å². The Labute approximate surface area is 119 Å². The first kappa shape index (κ1) is 13.7. The Morgan fingerprint density at radius 1 is 1.50 bits per heavy atom. The largest absolute Gasteiger partial charge is 0.370 e. The molecule has 1 aromatic heterocycles. The maximum atomic E-state index is 10.5. The number of carbonyl (C=O) groups excluding carboxylic acids is 1. The van der Waals surface area contributed by atoms with E-state index in [1.54, 1.807) is 5.38 Å². The monoisotopic (exact) mass is 286 g/mol. The normalized spacial score (nSPS) is 11.9. The summed E-state index contributed by atoms with van der Waals surface area (Å²) in [6, 6.07) is 11.5. The first-order valence-corrected chi connectivity index (χ1v) is 6.47. The Bertz CT molecular complexity index is 661. The summed E-state index contributed by atoms with van der Waals surface area (Å²) in [5.74, 6) is -0.745. The second-order valence-corrected chi connectivity index (χ2v) is 4.55. The molecule has 100 valence electrons. The van der Waals surface area contributed by atoms with Gasteiger partial charge in [-0.3, -0.25) is 4.79 Å². The van der Waals surface area contributed by atoms with E-state index in [1.807, 2.05) is 36.4 Å². The van der Waals surface area contributed by atoms with Gasteiger partial charge in [-0.15, -0.1) is 11.3 Å². The van der Waals surface area contributed by atoms with Crippen molar-refractivity contribution in [1.82, 2.24) is 4.98 Å². The molecule has 2 aromatic rings. The number of oxime groups is 1. The number of benzene rings is 1. The fraction of sp³-hybridized carbons (Fsp3) is 0.0769. The molecule has 1 amide bonds. The predicted molar refractivity (Wildman–Crippen MR) is 74.7 cm³/mol. The summed E-state index contributed by atoms with van der Waals surface area (Å²) in [6.45, 7) is 0. The van der Waals surface area contributed by atoms with Crippen LogP contribution < -0.4 is 5.73 Å². The third kappa shape index (κ3) is 3.40. The lowest BCUT2D eigenvalue weighted by atomic mass is 10.2. The van der Waals surface area contributed by atoms with Gasteiger partial charge in [-0.05, 0) is 0 Å². The van der Waals surface area contributed by atoms with E-state index in [-0.39, 0.29) is 0 Å². The van der Waals surface area contributed by atoms with Gasteiger partial charge in [0.2, 0.25) is 0 Å². The molecule has 0 fully saturated rings. The molecule has 0 aliphatic carbocycles. The second kappa shape index (κ2) is 6.45. The minimum absolute atomic E-state index is 0.443. The molecule has 0 radical (unpaired) electrons. The molecule has 1 unspecified atom stereocenters. The lowest BCUT2D eigenvalue weighted by Crippen LogP contribution is -2.12. The average molecular weight is 286 g/mol. The number of hydrogen-bond donors (Lipinski definition) is 1. The molecular formula is C13H10N4O2S. The summed E-state index contributed by atoms with van der Waals surface area (Å²) in [4.78, 5) is 19.7. The van der Waals surface area contributed by atoms with Gasteiger partial charge in [-0.1, -0.05) is 35.5 Å². The number of amides is 1.